The Morgan fingerprint density at radius 1 is 0.812 bits per heavy atom. The third-order valence-electron chi connectivity index (χ3n) is 11.9. The maximum absolute atomic E-state index is 10.4. The zero-order valence-corrected chi connectivity index (χ0v) is 21.6. The number of aliphatic hydroxyl groups is 1. The van der Waals surface area contributed by atoms with E-state index in [9.17, 15) is 5.11 Å². The summed E-state index contributed by atoms with van der Waals surface area (Å²) in [6, 6.07) is 0. The fourth-order valence-electron chi connectivity index (χ4n) is 9.90. The van der Waals surface area contributed by atoms with E-state index in [1.807, 2.05) is 0 Å². The first-order valence-corrected chi connectivity index (χ1v) is 14.1. The minimum atomic E-state index is -0.228. The molecule has 5 fully saturated rings. The summed E-state index contributed by atoms with van der Waals surface area (Å²) in [6.45, 7) is 13.7. The Balaban J connectivity index is 1.28. The summed E-state index contributed by atoms with van der Waals surface area (Å²) < 4.78 is 12.3. The van der Waals surface area contributed by atoms with Gasteiger partial charge in [-0.3, -0.25) is 0 Å². The maximum atomic E-state index is 10.4. The van der Waals surface area contributed by atoms with Crippen LogP contribution >= 0.6 is 0 Å². The Labute approximate surface area is 197 Å². The molecule has 4 aliphatic carbocycles. The van der Waals surface area contributed by atoms with Gasteiger partial charge in [0.2, 0.25) is 0 Å². The molecule has 0 bridgehead atoms. The quantitative estimate of drug-likeness (QED) is 0.503. The molecule has 1 aliphatic heterocycles. The van der Waals surface area contributed by atoms with Crippen LogP contribution in [0.5, 0.6) is 0 Å². The predicted molar refractivity (Wildman–Crippen MR) is 129 cm³/mol. The van der Waals surface area contributed by atoms with Crippen molar-refractivity contribution in [1.82, 2.24) is 0 Å². The standard InChI is InChI=1S/C29H50O3/c1-19(2)26(30)11-6-20(3)23-9-10-24-22-8-7-21-18-29(31-16-17-32-29)15-14-27(21,4)25(22)12-13-28(23,24)5/h19-26,30H,6-18H2,1-5H3/t20-,21+,22+,23-,24+,25+,26+,27+,28-/m1/s1. The van der Waals surface area contributed by atoms with Crippen LogP contribution in [-0.4, -0.2) is 30.2 Å². The van der Waals surface area contributed by atoms with Gasteiger partial charge in [0.25, 0.3) is 0 Å². The van der Waals surface area contributed by atoms with E-state index in [1.165, 1.54) is 51.4 Å². The molecule has 3 nitrogen and oxygen atoms in total. The minimum absolute atomic E-state index is 0.129. The monoisotopic (exact) mass is 446 g/mol. The Hall–Kier alpha value is -0.120. The van der Waals surface area contributed by atoms with Gasteiger partial charge in [0.1, 0.15) is 0 Å². The number of ether oxygens (including phenoxy) is 2. The van der Waals surface area contributed by atoms with Crippen LogP contribution in [-0.2, 0) is 9.47 Å². The number of fused-ring (bicyclic) bond motifs is 5. The van der Waals surface area contributed by atoms with Crippen LogP contribution in [0.15, 0.2) is 0 Å². The predicted octanol–water partition coefficient (Wildman–Crippen LogP) is 6.82. The van der Waals surface area contributed by atoms with Crippen molar-refractivity contribution < 1.29 is 14.6 Å². The van der Waals surface area contributed by atoms with Crippen molar-refractivity contribution in [2.75, 3.05) is 13.2 Å². The first kappa shape index (κ1) is 23.6. The molecule has 184 valence electrons. The van der Waals surface area contributed by atoms with Gasteiger partial charge in [-0.05, 0) is 110 Å². The number of rotatable bonds is 5. The molecule has 3 heteroatoms. The highest BCUT2D eigenvalue weighted by Crippen LogP contribution is 2.69. The lowest BCUT2D eigenvalue weighted by molar-refractivity contribution is -0.229. The van der Waals surface area contributed by atoms with Crippen LogP contribution in [0.25, 0.3) is 0 Å². The number of aliphatic hydroxyl groups excluding tert-OH is 1. The van der Waals surface area contributed by atoms with Gasteiger partial charge >= 0.3 is 0 Å². The average molecular weight is 447 g/mol. The van der Waals surface area contributed by atoms with E-state index < -0.39 is 0 Å². The highest BCUT2D eigenvalue weighted by atomic mass is 16.7. The molecular weight excluding hydrogens is 396 g/mol. The molecule has 0 amide bonds. The van der Waals surface area contributed by atoms with E-state index in [1.54, 1.807) is 0 Å². The summed E-state index contributed by atoms with van der Waals surface area (Å²) in [5.74, 6) is 5.32. The molecule has 9 atom stereocenters. The molecule has 1 saturated heterocycles. The summed E-state index contributed by atoms with van der Waals surface area (Å²) in [6.07, 6.45) is 14.2. The summed E-state index contributed by atoms with van der Waals surface area (Å²) in [4.78, 5) is 0. The van der Waals surface area contributed by atoms with Gasteiger partial charge in [-0.25, -0.2) is 0 Å². The van der Waals surface area contributed by atoms with Crippen molar-refractivity contribution in [3.05, 3.63) is 0 Å². The second-order valence-corrected chi connectivity index (χ2v) is 13.6. The lowest BCUT2D eigenvalue weighted by atomic mass is 9.44. The first-order chi connectivity index (χ1) is 15.2. The zero-order valence-electron chi connectivity index (χ0n) is 21.6. The molecular formula is C29H50O3. The smallest absolute Gasteiger partial charge is 0.168 e. The third kappa shape index (κ3) is 3.72. The van der Waals surface area contributed by atoms with Crippen LogP contribution in [0, 0.1) is 52.3 Å². The third-order valence-corrected chi connectivity index (χ3v) is 11.9. The molecule has 0 aromatic heterocycles. The van der Waals surface area contributed by atoms with E-state index in [-0.39, 0.29) is 11.9 Å². The molecule has 32 heavy (non-hydrogen) atoms. The van der Waals surface area contributed by atoms with Crippen LogP contribution in [0.1, 0.15) is 105 Å². The molecule has 4 saturated carbocycles. The van der Waals surface area contributed by atoms with Gasteiger partial charge in [-0.2, -0.15) is 0 Å². The minimum Gasteiger partial charge on any atom is -0.393 e. The summed E-state index contributed by atoms with van der Waals surface area (Å²) in [5.41, 5.74) is 1.02. The van der Waals surface area contributed by atoms with Crippen LogP contribution in [0.4, 0.5) is 0 Å². The molecule has 0 radical (unpaired) electrons. The summed E-state index contributed by atoms with van der Waals surface area (Å²) >= 11 is 0. The van der Waals surface area contributed by atoms with Crippen molar-refractivity contribution in [3.8, 4) is 0 Å². The van der Waals surface area contributed by atoms with Crippen LogP contribution < -0.4 is 0 Å². The van der Waals surface area contributed by atoms with Gasteiger partial charge in [-0.15, -0.1) is 0 Å². The second kappa shape index (κ2) is 8.52. The van der Waals surface area contributed by atoms with Gasteiger partial charge in [0.15, 0.2) is 5.79 Å². The first-order valence-electron chi connectivity index (χ1n) is 14.1. The van der Waals surface area contributed by atoms with Crippen LogP contribution in [0.2, 0.25) is 0 Å². The van der Waals surface area contributed by atoms with Gasteiger partial charge in [0, 0.05) is 12.8 Å². The Morgan fingerprint density at radius 3 is 2.25 bits per heavy atom. The van der Waals surface area contributed by atoms with Crippen molar-refractivity contribution in [1.29, 1.82) is 0 Å². The molecule has 5 rings (SSSR count). The highest BCUT2D eigenvalue weighted by molar-refractivity contribution is 5.10. The van der Waals surface area contributed by atoms with Gasteiger partial charge in [-0.1, -0.05) is 34.6 Å². The van der Waals surface area contributed by atoms with Gasteiger partial charge in [0.05, 0.1) is 19.3 Å². The Bertz CT molecular complexity index is 669. The Kier molecular flexibility index (Phi) is 6.29. The largest absolute Gasteiger partial charge is 0.393 e. The van der Waals surface area contributed by atoms with Crippen LogP contribution in [0.3, 0.4) is 0 Å². The fourth-order valence-corrected chi connectivity index (χ4v) is 9.90. The molecule has 0 unspecified atom stereocenters. The fraction of sp³-hybridized carbons (Fsp3) is 1.00. The van der Waals surface area contributed by atoms with E-state index in [4.69, 9.17) is 9.47 Å². The SMILES string of the molecule is CC(C)[C@@H](O)CC[C@@H](C)[C@H]1CC[C@H]2[C@@H]3CC[C@H]4CC5(CC[C@]4(C)[C@H]3CC[C@]12C)OCCO5. The Morgan fingerprint density at radius 2 is 1.53 bits per heavy atom. The number of hydrogen-bond acceptors (Lipinski definition) is 3. The average Bonchev–Trinajstić information content (AvgIpc) is 3.36. The van der Waals surface area contributed by atoms with Crippen molar-refractivity contribution >= 4 is 0 Å². The molecule has 1 heterocycles. The second-order valence-electron chi connectivity index (χ2n) is 13.6. The van der Waals surface area contributed by atoms with E-state index in [0.29, 0.717) is 16.7 Å². The van der Waals surface area contributed by atoms with Crippen molar-refractivity contribution in [3.63, 3.8) is 0 Å². The molecule has 0 aromatic carbocycles. The topological polar surface area (TPSA) is 38.7 Å². The molecule has 5 aliphatic rings. The van der Waals surface area contributed by atoms with E-state index >= 15 is 0 Å². The summed E-state index contributed by atoms with van der Waals surface area (Å²) in [7, 11) is 0. The summed E-state index contributed by atoms with van der Waals surface area (Å²) in [5, 5.41) is 10.4. The molecule has 1 N–H and O–H groups in total. The van der Waals surface area contributed by atoms with E-state index in [0.717, 1.165) is 68.0 Å². The van der Waals surface area contributed by atoms with Crippen molar-refractivity contribution in [2.45, 2.75) is 117 Å². The lowest BCUT2D eigenvalue weighted by Crippen LogP contribution is -2.56. The van der Waals surface area contributed by atoms with Crippen molar-refractivity contribution in [2.24, 2.45) is 52.3 Å². The molecule has 1 spiro atoms. The number of hydrogen-bond donors (Lipinski definition) is 1. The normalized spacial score (nSPS) is 47.2. The maximum Gasteiger partial charge on any atom is 0.168 e. The lowest BCUT2D eigenvalue weighted by Gasteiger charge is -2.62. The zero-order chi connectivity index (χ0) is 22.7. The van der Waals surface area contributed by atoms with E-state index in [2.05, 4.69) is 34.6 Å². The highest BCUT2D eigenvalue weighted by Gasteiger charge is 2.62. The molecule has 0 aromatic rings. The van der Waals surface area contributed by atoms with Gasteiger partial charge < -0.3 is 14.6 Å².